The number of benzene rings is 1. The highest BCUT2D eigenvalue weighted by Gasteiger charge is 2.29. The van der Waals surface area contributed by atoms with Crippen molar-refractivity contribution in [2.75, 3.05) is 50.8 Å². The number of carbonyl (C=O) groups is 1. The van der Waals surface area contributed by atoms with Gasteiger partial charge < -0.3 is 14.5 Å². The van der Waals surface area contributed by atoms with E-state index in [2.05, 4.69) is 14.8 Å². The molecule has 3 heterocycles. The molecule has 5 rings (SSSR count). The van der Waals surface area contributed by atoms with Crippen molar-refractivity contribution in [2.45, 2.75) is 45.1 Å². The maximum atomic E-state index is 12.7. The molecule has 0 bridgehead atoms. The predicted molar refractivity (Wildman–Crippen MR) is 124 cm³/mol. The fourth-order valence-corrected chi connectivity index (χ4v) is 4.85. The number of amides is 1. The highest BCUT2D eigenvalue weighted by Crippen LogP contribution is 2.26. The fourth-order valence-electron chi connectivity index (χ4n) is 4.85. The molecule has 2 fully saturated rings. The largest absolute Gasteiger partial charge is 0.484 e. The van der Waals surface area contributed by atoms with E-state index >= 15 is 0 Å². The number of aromatic nitrogens is 2. The average Bonchev–Trinajstić information content (AvgIpc) is 2.99. The van der Waals surface area contributed by atoms with E-state index in [0.717, 1.165) is 73.6 Å². The zero-order valence-corrected chi connectivity index (χ0v) is 19.0. The molecule has 1 aliphatic carbocycles. The third kappa shape index (κ3) is 4.72. The first-order chi connectivity index (χ1) is 15.7. The van der Waals surface area contributed by atoms with Gasteiger partial charge in [0.05, 0.1) is 5.69 Å². The SMILES string of the molecule is Cc1cccc(OCC(=O)N2CCc3cnc(N4CCN(C5CCC5)CC4)nc3CC2)c1. The van der Waals surface area contributed by atoms with Gasteiger partial charge in [-0.2, -0.15) is 0 Å². The van der Waals surface area contributed by atoms with Crippen LogP contribution in [-0.4, -0.2) is 77.6 Å². The molecule has 0 atom stereocenters. The third-order valence-corrected chi connectivity index (χ3v) is 7.10. The van der Waals surface area contributed by atoms with E-state index < -0.39 is 0 Å². The van der Waals surface area contributed by atoms with Gasteiger partial charge in [-0.05, 0) is 49.4 Å². The highest BCUT2D eigenvalue weighted by atomic mass is 16.5. The average molecular weight is 436 g/mol. The molecule has 0 radical (unpaired) electrons. The molecule has 1 saturated heterocycles. The van der Waals surface area contributed by atoms with Crippen LogP contribution < -0.4 is 9.64 Å². The van der Waals surface area contributed by atoms with Crippen molar-refractivity contribution in [1.82, 2.24) is 19.8 Å². The number of hydrogen-bond donors (Lipinski definition) is 0. The molecule has 1 amide bonds. The van der Waals surface area contributed by atoms with E-state index in [1.54, 1.807) is 0 Å². The topological polar surface area (TPSA) is 61.8 Å². The van der Waals surface area contributed by atoms with Gasteiger partial charge >= 0.3 is 0 Å². The summed E-state index contributed by atoms with van der Waals surface area (Å²) in [7, 11) is 0. The van der Waals surface area contributed by atoms with Crippen molar-refractivity contribution in [3.63, 3.8) is 0 Å². The zero-order valence-electron chi connectivity index (χ0n) is 19.0. The lowest BCUT2D eigenvalue weighted by Gasteiger charge is -2.43. The molecule has 170 valence electrons. The van der Waals surface area contributed by atoms with E-state index in [-0.39, 0.29) is 12.5 Å². The Labute approximate surface area is 190 Å². The molecular weight excluding hydrogens is 402 g/mol. The molecule has 0 N–H and O–H groups in total. The summed E-state index contributed by atoms with van der Waals surface area (Å²) in [5.41, 5.74) is 3.38. The summed E-state index contributed by atoms with van der Waals surface area (Å²) in [6, 6.07) is 8.62. The van der Waals surface area contributed by atoms with Gasteiger partial charge in [0.25, 0.3) is 5.91 Å². The van der Waals surface area contributed by atoms with Crippen LogP contribution in [0.15, 0.2) is 30.5 Å². The Morgan fingerprint density at radius 1 is 1.09 bits per heavy atom. The summed E-state index contributed by atoms with van der Waals surface area (Å²) >= 11 is 0. The second kappa shape index (κ2) is 9.45. The fraction of sp³-hybridized carbons (Fsp3) is 0.560. The second-order valence-electron chi connectivity index (χ2n) is 9.24. The lowest BCUT2D eigenvalue weighted by atomic mass is 9.91. The molecule has 1 saturated carbocycles. The number of piperazine rings is 1. The maximum absolute atomic E-state index is 12.7. The smallest absolute Gasteiger partial charge is 0.260 e. The van der Waals surface area contributed by atoms with Crippen molar-refractivity contribution >= 4 is 11.9 Å². The van der Waals surface area contributed by atoms with Crippen LogP contribution >= 0.6 is 0 Å². The third-order valence-electron chi connectivity index (χ3n) is 7.10. The van der Waals surface area contributed by atoms with Crippen LogP contribution in [0.5, 0.6) is 5.75 Å². The highest BCUT2D eigenvalue weighted by molar-refractivity contribution is 5.78. The number of ether oxygens (including phenoxy) is 1. The van der Waals surface area contributed by atoms with Gasteiger partial charge in [-0.1, -0.05) is 18.6 Å². The second-order valence-corrected chi connectivity index (χ2v) is 9.24. The predicted octanol–water partition coefficient (Wildman–Crippen LogP) is 2.47. The Bertz CT molecular complexity index is 953. The van der Waals surface area contributed by atoms with Crippen LogP contribution in [0.4, 0.5) is 5.95 Å². The zero-order chi connectivity index (χ0) is 21.9. The summed E-state index contributed by atoms with van der Waals surface area (Å²) in [5.74, 6) is 1.61. The molecule has 3 aliphatic rings. The molecule has 0 unspecified atom stereocenters. The molecule has 32 heavy (non-hydrogen) atoms. The minimum absolute atomic E-state index is 0.0274. The molecule has 2 aliphatic heterocycles. The molecule has 7 heteroatoms. The Morgan fingerprint density at radius 2 is 1.91 bits per heavy atom. The van der Waals surface area contributed by atoms with Crippen LogP contribution in [0, 0.1) is 6.92 Å². The van der Waals surface area contributed by atoms with Gasteiger partial charge in [-0.3, -0.25) is 9.69 Å². The Hall–Kier alpha value is -2.67. The summed E-state index contributed by atoms with van der Waals surface area (Å²) < 4.78 is 5.73. The summed E-state index contributed by atoms with van der Waals surface area (Å²) in [5, 5.41) is 0. The summed E-state index contributed by atoms with van der Waals surface area (Å²) in [6.45, 7) is 7.65. The number of hydrogen-bond acceptors (Lipinski definition) is 6. The van der Waals surface area contributed by atoms with Gasteiger partial charge in [-0.25, -0.2) is 9.97 Å². The number of aryl methyl sites for hydroxylation is 1. The van der Waals surface area contributed by atoms with Crippen LogP contribution in [0.2, 0.25) is 0 Å². The monoisotopic (exact) mass is 435 g/mol. The van der Waals surface area contributed by atoms with Gasteiger partial charge in [-0.15, -0.1) is 0 Å². The van der Waals surface area contributed by atoms with Crippen molar-refractivity contribution < 1.29 is 9.53 Å². The first-order valence-electron chi connectivity index (χ1n) is 12.0. The lowest BCUT2D eigenvalue weighted by molar-refractivity contribution is -0.133. The van der Waals surface area contributed by atoms with Crippen LogP contribution in [0.3, 0.4) is 0 Å². The first kappa shape index (κ1) is 21.2. The van der Waals surface area contributed by atoms with E-state index in [4.69, 9.17) is 9.72 Å². The minimum Gasteiger partial charge on any atom is -0.484 e. The quantitative estimate of drug-likeness (QED) is 0.719. The molecule has 2 aromatic rings. The number of rotatable bonds is 5. The van der Waals surface area contributed by atoms with E-state index in [1.807, 2.05) is 42.3 Å². The van der Waals surface area contributed by atoms with Crippen LogP contribution in [0.1, 0.15) is 36.1 Å². The van der Waals surface area contributed by atoms with Gasteiger partial charge in [0.1, 0.15) is 5.75 Å². The van der Waals surface area contributed by atoms with Crippen molar-refractivity contribution in [2.24, 2.45) is 0 Å². The number of nitrogens with zero attached hydrogens (tertiary/aromatic N) is 5. The molecular formula is C25H33N5O2. The summed E-state index contributed by atoms with van der Waals surface area (Å²) in [4.78, 5) is 29.2. The normalized spacial score (nSPS) is 19.8. The Morgan fingerprint density at radius 3 is 2.66 bits per heavy atom. The van der Waals surface area contributed by atoms with Crippen LogP contribution in [-0.2, 0) is 17.6 Å². The first-order valence-corrected chi connectivity index (χ1v) is 12.0. The van der Waals surface area contributed by atoms with Gasteiger partial charge in [0.15, 0.2) is 6.61 Å². The van der Waals surface area contributed by atoms with Crippen LogP contribution in [0.25, 0.3) is 0 Å². The van der Waals surface area contributed by atoms with Gasteiger partial charge in [0.2, 0.25) is 5.95 Å². The van der Waals surface area contributed by atoms with E-state index in [1.165, 1.54) is 19.3 Å². The van der Waals surface area contributed by atoms with E-state index in [0.29, 0.717) is 13.1 Å². The standard InChI is InChI=1S/C25H33N5O2/c1-19-4-2-7-22(16-19)32-18-24(31)29-10-8-20-17-26-25(27-23(20)9-11-29)30-14-12-28(13-15-30)21-5-3-6-21/h2,4,7,16-17,21H,3,5-6,8-15,18H2,1H3. The molecule has 1 aromatic heterocycles. The molecule has 0 spiro atoms. The number of fused-ring (bicyclic) bond motifs is 1. The molecule has 7 nitrogen and oxygen atoms in total. The Kier molecular flexibility index (Phi) is 6.26. The number of carbonyl (C=O) groups excluding carboxylic acids is 1. The lowest BCUT2D eigenvalue weighted by Crippen LogP contribution is -2.52. The minimum atomic E-state index is 0.0274. The number of anilines is 1. The van der Waals surface area contributed by atoms with Crippen molar-refractivity contribution in [1.29, 1.82) is 0 Å². The summed E-state index contributed by atoms with van der Waals surface area (Å²) in [6.07, 6.45) is 7.65. The van der Waals surface area contributed by atoms with Crippen molar-refractivity contribution in [3.8, 4) is 5.75 Å². The van der Waals surface area contributed by atoms with Crippen molar-refractivity contribution in [3.05, 3.63) is 47.3 Å². The van der Waals surface area contributed by atoms with E-state index in [9.17, 15) is 4.79 Å². The molecule has 1 aromatic carbocycles. The Balaban J connectivity index is 1.16. The maximum Gasteiger partial charge on any atom is 0.260 e. The van der Waals surface area contributed by atoms with Gasteiger partial charge in [0, 0.05) is 57.9 Å².